The number of carbonyl (C=O) groups excluding carboxylic acids is 3. The predicted molar refractivity (Wildman–Crippen MR) is 108 cm³/mol. The Hall–Kier alpha value is -2.67. The summed E-state index contributed by atoms with van der Waals surface area (Å²) in [5.74, 6) is -4.45. The number of Topliss-reactive ketones (excluding diaryl/α,β-unsaturated/α-hetero) is 1. The molecule has 0 spiro atoms. The number of rotatable bonds is 5. The first-order chi connectivity index (χ1) is 14.2. The fraction of sp³-hybridized carbons (Fsp3) is 0.522. The molecule has 0 amide bonds. The lowest BCUT2D eigenvalue weighted by molar-refractivity contribution is -0.172. The average Bonchev–Trinajstić information content (AvgIpc) is 2.91. The van der Waals surface area contributed by atoms with Crippen LogP contribution in [-0.4, -0.2) is 41.6 Å². The highest BCUT2D eigenvalue weighted by atomic mass is 16.5. The molecule has 162 valence electrons. The number of fused-ring (bicyclic) bond motifs is 1. The maximum absolute atomic E-state index is 13.1. The van der Waals surface area contributed by atoms with E-state index >= 15 is 0 Å². The maximum atomic E-state index is 13.1. The van der Waals surface area contributed by atoms with Crippen LogP contribution in [0, 0.1) is 25.7 Å². The third-order valence-corrected chi connectivity index (χ3v) is 6.05. The van der Waals surface area contributed by atoms with E-state index in [1.54, 1.807) is 26.2 Å². The van der Waals surface area contributed by atoms with Crippen molar-refractivity contribution in [1.82, 2.24) is 0 Å². The molecule has 3 rings (SSSR count). The topological polar surface area (TPSA) is 103 Å². The van der Waals surface area contributed by atoms with E-state index < -0.39 is 41.1 Å². The van der Waals surface area contributed by atoms with Crippen LogP contribution in [0.3, 0.4) is 0 Å². The Morgan fingerprint density at radius 3 is 2.43 bits per heavy atom. The van der Waals surface area contributed by atoms with E-state index in [1.807, 2.05) is 19.9 Å². The van der Waals surface area contributed by atoms with E-state index in [0.717, 1.165) is 11.1 Å². The van der Waals surface area contributed by atoms with Crippen molar-refractivity contribution in [3.05, 3.63) is 35.1 Å². The third-order valence-electron chi connectivity index (χ3n) is 6.05. The van der Waals surface area contributed by atoms with Gasteiger partial charge in [0, 0.05) is 17.9 Å². The Bertz CT molecular complexity index is 939. The van der Waals surface area contributed by atoms with Crippen molar-refractivity contribution >= 4 is 17.7 Å². The standard InChI is InChI=1S/C23H28O7/c1-6-28-21(25)17-15(24)11-23(5,27)19(22(26)29-7-2)18(17)16-12(3)13(4)20-14(16)9-8-10-30-20/h8-10,17-19,27H,6-7,11H2,1-5H3. The van der Waals surface area contributed by atoms with Crippen molar-refractivity contribution in [2.24, 2.45) is 11.8 Å². The Kier molecular flexibility index (Phi) is 6.04. The number of ether oxygens (including phenoxy) is 2. The molecule has 7 heteroatoms. The van der Waals surface area contributed by atoms with Gasteiger partial charge in [-0.2, -0.15) is 0 Å². The fourth-order valence-electron chi connectivity index (χ4n) is 4.72. The van der Waals surface area contributed by atoms with Gasteiger partial charge in [0.05, 0.1) is 31.0 Å². The minimum atomic E-state index is -1.67. The minimum absolute atomic E-state index is 0.102. The summed E-state index contributed by atoms with van der Waals surface area (Å²) in [5.41, 5.74) is 1.32. The second-order valence-corrected chi connectivity index (χ2v) is 8.01. The highest BCUT2D eigenvalue weighted by Crippen LogP contribution is 2.52. The molecule has 4 atom stereocenters. The Balaban J connectivity index is 2.29. The van der Waals surface area contributed by atoms with Gasteiger partial charge in [-0.1, -0.05) is 0 Å². The van der Waals surface area contributed by atoms with Crippen LogP contribution in [0.25, 0.3) is 11.3 Å². The van der Waals surface area contributed by atoms with Crippen molar-refractivity contribution in [1.29, 1.82) is 0 Å². The van der Waals surface area contributed by atoms with Crippen LogP contribution in [0.5, 0.6) is 0 Å². The molecular formula is C23H28O7. The molecule has 2 aliphatic carbocycles. The van der Waals surface area contributed by atoms with Crippen LogP contribution < -0.4 is 0 Å². The molecule has 3 aliphatic rings. The molecule has 0 saturated heterocycles. The predicted octanol–water partition coefficient (Wildman–Crippen LogP) is 3.17. The second kappa shape index (κ2) is 8.22. The molecule has 1 aliphatic heterocycles. The molecule has 4 unspecified atom stereocenters. The van der Waals surface area contributed by atoms with Gasteiger partial charge >= 0.3 is 11.9 Å². The van der Waals surface area contributed by atoms with Gasteiger partial charge in [0.25, 0.3) is 0 Å². The van der Waals surface area contributed by atoms with Crippen LogP contribution >= 0.6 is 0 Å². The zero-order chi connectivity index (χ0) is 22.2. The molecule has 0 radical (unpaired) electrons. The van der Waals surface area contributed by atoms with Crippen molar-refractivity contribution in [2.45, 2.75) is 52.6 Å². The summed E-state index contributed by atoms with van der Waals surface area (Å²) in [6, 6.07) is 3.54. The monoisotopic (exact) mass is 416 g/mol. The lowest BCUT2D eigenvalue weighted by Gasteiger charge is -2.43. The zero-order valence-corrected chi connectivity index (χ0v) is 18.0. The van der Waals surface area contributed by atoms with Gasteiger partial charge in [-0.3, -0.25) is 14.4 Å². The summed E-state index contributed by atoms with van der Waals surface area (Å²) < 4.78 is 16.1. The van der Waals surface area contributed by atoms with Crippen molar-refractivity contribution in [3.8, 4) is 11.3 Å². The molecular weight excluding hydrogens is 388 g/mol. The fourth-order valence-corrected chi connectivity index (χ4v) is 4.72. The normalized spacial score (nSPS) is 26.6. The van der Waals surface area contributed by atoms with Gasteiger partial charge in [0.2, 0.25) is 0 Å². The smallest absolute Gasteiger partial charge is 0.317 e. The Morgan fingerprint density at radius 1 is 1.17 bits per heavy atom. The summed E-state index contributed by atoms with van der Waals surface area (Å²) in [7, 11) is 0. The van der Waals surface area contributed by atoms with Gasteiger partial charge in [-0.05, 0) is 63.4 Å². The number of hydrogen-bond acceptors (Lipinski definition) is 7. The lowest BCUT2D eigenvalue weighted by Crippen LogP contribution is -2.55. The largest absolute Gasteiger partial charge is 0.466 e. The molecule has 1 saturated carbocycles. The summed E-state index contributed by atoms with van der Waals surface area (Å²) in [6.45, 7) is 8.73. The molecule has 1 heterocycles. The minimum Gasteiger partial charge on any atom is -0.466 e. The molecule has 0 bridgehead atoms. The van der Waals surface area contributed by atoms with Gasteiger partial charge in [0.15, 0.2) is 5.78 Å². The summed E-state index contributed by atoms with van der Waals surface area (Å²) in [5, 5.41) is 11.1. The zero-order valence-electron chi connectivity index (χ0n) is 18.0. The number of esters is 2. The number of aliphatic hydroxyl groups is 1. The lowest BCUT2D eigenvalue weighted by atomic mass is 9.61. The molecule has 7 nitrogen and oxygen atoms in total. The molecule has 0 aromatic rings. The number of ketones is 1. The first kappa shape index (κ1) is 22.0. The van der Waals surface area contributed by atoms with Crippen LogP contribution in [0.4, 0.5) is 0 Å². The first-order valence-corrected chi connectivity index (χ1v) is 10.2. The van der Waals surface area contributed by atoms with Crippen molar-refractivity contribution in [3.63, 3.8) is 0 Å². The summed E-state index contributed by atoms with van der Waals surface area (Å²) in [6.07, 6.45) is 1.21. The van der Waals surface area contributed by atoms with Crippen LogP contribution in [0.1, 0.15) is 49.8 Å². The summed E-state index contributed by atoms with van der Waals surface area (Å²) >= 11 is 0. The first-order valence-electron chi connectivity index (χ1n) is 10.2. The Labute approximate surface area is 175 Å². The van der Waals surface area contributed by atoms with Gasteiger partial charge in [0.1, 0.15) is 11.7 Å². The molecule has 0 aromatic carbocycles. The van der Waals surface area contributed by atoms with Crippen LogP contribution in [0.15, 0.2) is 22.8 Å². The average molecular weight is 416 g/mol. The molecule has 1 fully saturated rings. The van der Waals surface area contributed by atoms with E-state index in [9.17, 15) is 19.5 Å². The van der Waals surface area contributed by atoms with E-state index in [-0.39, 0.29) is 19.6 Å². The van der Waals surface area contributed by atoms with Crippen molar-refractivity contribution < 1.29 is 33.4 Å². The van der Waals surface area contributed by atoms with Gasteiger partial charge < -0.3 is 19.0 Å². The van der Waals surface area contributed by atoms with E-state index in [0.29, 0.717) is 16.9 Å². The number of carbonyl (C=O) groups is 3. The SMILES string of the molecule is CCOC(=O)C1C(=O)CC(C)(O)C(C(=O)OCC)C1c1c2cccoc-2c(C)c1C. The van der Waals surface area contributed by atoms with Crippen LogP contribution in [-0.2, 0) is 23.9 Å². The van der Waals surface area contributed by atoms with Crippen molar-refractivity contribution in [2.75, 3.05) is 13.2 Å². The van der Waals surface area contributed by atoms with Gasteiger partial charge in [-0.15, -0.1) is 0 Å². The Morgan fingerprint density at radius 2 is 1.80 bits per heavy atom. The molecule has 30 heavy (non-hydrogen) atoms. The molecule has 1 N–H and O–H groups in total. The maximum Gasteiger partial charge on any atom is 0.317 e. The third kappa shape index (κ3) is 3.51. The highest BCUT2D eigenvalue weighted by Gasteiger charge is 2.58. The van der Waals surface area contributed by atoms with E-state index in [1.165, 1.54) is 6.92 Å². The molecule has 0 aromatic heterocycles. The van der Waals surface area contributed by atoms with E-state index in [2.05, 4.69) is 0 Å². The number of hydrogen-bond donors (Lipinski definition) is 1. The van der Waals surface area contributed by atoms with E-state index in [4.69, 9.17) is 13.9 Å². The summed E-state index contributed by atoms with van der Waals surface area (Å²) in [4.78, 5) is 39.0. The van der Waals surface area contributed by atoms with Crippen LogP contribution in [0.2, 0.25) is 0 Å². The van der Waals surface area contributed by atoms with Gasteiger partial charge in [-0.25, -0.2) is 0 Å². The second-order valence-electron chi connectivity index (χ2n) is 8.01. The highest BCUT2D eigenvalue weighted by molar-refractivity contribution is 6.03. The quantitative estimate of drug-likeness (QED) is 0.590.